The van der Waals surface area contributed by atoms with E-state index in [0.717, 1.165) is 23.5 Å². The minimum Gasteiger partial charge on any atom is -0.497 e. The standard InChI is InChI=1S/C21H27NO2S/c1-16(2)15-20(17-9-11-18(24-3)12-10-17)22-21(23)13-14-25-19-7-5-4-6-8-19/h4-12,16,20H,13-15H2,1-3H3,(H,22,23)/t20-/m0/s1. The van der Waals surface area contributed by atoms with Gasteiger partial charge in [-0.3, -0.25) is 4.79 Å². The third-order valence-corrected chi connectivity index (χ3v) is 4.92. The molecule has 1 amide bonds. The van der Waals surface area contributed by atoms with Crippen molar-refractivity contribution < 1.29 is 9.53 Å². The molecule has 0 fully saturated rings. The van der Waals surface area contributed by atoms with Crippen LogP contribution in [0.15, 0.2) is 59.5 Å². The molecule has 0 aliphatic rings. The largest absolute Gasteiger partial charge is 0.497 e. The number of amides is 1. The van der Waals surface area contributed by atoms with Crippen LogP contribution in [0.4, 0.5) is 0 Å². The van der Waals surface area contributed by atoms with Crippen molar-refractivity contribution in [1.29, 1.82) is 0 Å². The Morgan fingerprint density at radius 2 is 1.76 bits per heavy atom. The van der Waals surface area contributed by atoms with Gasteiger partial charge in [-0.1, -0.05) is 44.2 Å². The second kappa shape index (κ2) is 10.1. The third kappa shape index (κ3) is 6.83. The van der Waals surface area contributed by atoms with Crippen LogP contribution >= 0.6 is 11.8 Å². The molecular weight excluding hydrogens is 330 g/mol. The maximum atomic E-state index is 12.4. The Morgan fingerprint density at radius 1 is 1.08 bits per heavy atom. The summed E-state index contributed by atoms with van der Waals surface area (Å²) in [5.41, 5.74) is 1.12. The number of hydrogen-bond donors (Lipinski definition) is 1. The zero-order valence-electron chi connectivity index (χ0n) is 15.2. The number of rotatable bonds is 9. The summed E-state index contributed by atoms with van der Waals surface area (Å²) in [6, 6.07) is 18.2. The van der Waals surface area contributed by atoms with Crippen LogP contribution in [0, 0.1) is 5.92 Å². The van der Waals surface area contributed by atoms with Crippen molar-refractivity contribution in [3.8, 4) is 5.75 Å². The Hall–Kier alpha value is -1.94. The van der Waals surface area contributed by atoms with Crippen LogP contribution in [0.2, 0.25) is 0 Å². The Labute approximate surface area is 155 Å². The summed E-state index contributed by atoms with van der Waals surface area (Å²) in [4.78, 5) is 13.6. The first-order chi connectivity index (χ1) is 12.1. The van der Waals surface area contributed by atoms with Gasteiger partial charge in [0.2, 0.25) is 5.91 Å². The molecule has 0 heterocycles. The Balaban J connectivity index is 1.90. The van der Waals surface area contributed by atoms with E-state index in [1.165, 1.54) is 4.90 Å². The normalized spacial score (nSPS) is 12.0. The first-order valence-electron chi connectivity index (χ1n) is 8.69. The topological polar surface area (TPSA) is 38.3 Å². The molecule has 1 atom stereocenters. The van der Waals surface area contributed by atoms with Crippen molar-refractivity contribution in [3.05, 3.63) is 60.2 Å². The summed E-state index contributed by atoms with van der Waals surface area (Å²) >= 11 is 1.71. The number of hydrogen-bond acceptors (Lipinski definition) is 3. The predicted molar refractivity (Wildman–Crippen MR) is 105 cm³/mol. The average Bonchev–Trinajstić information content (AvgIpc) is 2.62. The highest BCUT2D eigenvalue weighted by Crippen LogP contribution is 2.24. The lowest BCUT2D eigenvalue weighted by atomic mass is 9.97. The number of carbonyl (C=O) groups excluding carboxylic acids is 1. The Bertz CT molecular complexity index is 641. The van der Waals surface area contributed by atoms with E-state index in [0.29, 0.717) is 12.3 Å². The number of benzene rings is 2. The minimum atomic E-state index is 0.0418. The molecule has 2 aromatic rings. The summed E-state index contributed by atoms with van der Waals surface area (Å²) in [6.07, 6.45) is 1.44. The van der Waals surface area contributed by atoms with Gasteiger partial charge in [0.05, 0.1) is 13.2 Å². The van der Waals surface area contributed by atoms with Gasteiger partial charge in [-0.2, -0.15) is 0 Å². The zero-order valence-corrected chi connectivity index (χ0v) is 16.0. The van der Waals surface area contributed by atoms with Gasteiger partial charge in [0.25, 0.3) is 0 Å². The zero-order chi connectivity index (χ0) is 18.1. The molecule has 0 aliphatic carbocycles. The number of ether oxygens (including phenoxy) is 1. The molecule has 1 N–H and O–H groups in total. The predicted octanol–water partition coefficient (Wildman–Crippen LogP) is 5.08. The van der Waals surface area contributed by atoms with E-state index in [1.807, 2.05) is 42.5 Å². The van der Waals surface area contributed by atoms with Gasteiger partial charge in [-0.05, 0) is 42.2 Å². The second-order valence-corrected chi connectivity index (χ2v) is 7.60. The molecule has 0 saturated heterocycles. The van der Waals surface area contributed by atoms with Gasteiger partial charge in [0.1, 0.15) is 5.75 Å². The minimum absolute atomic E-state index is 0.0418. The maximum Gasteiger partial charge on any atom is 0.221 e. The number of nitrogens with one attached hydrogen (secondary N) is 1. The lowest BCUT2D eigenvalue weighted by Gasteiger charge is -2.21. The van der Waals surface area contributed by atoms with E-state index in [1.54, 1.807) is 18.9 Å². The van der Waals surface area contributed by atoms with Gasteiger partial charge in [-0.25, -0.2) is 0 Å². The molecule has 134 valence electrons. The quantitative estimate of drug-likeness (QED) is 0.636. The van der Waals surface area contributed by atoms with Crippen molar-refractivity contribution >= 4 is 17.7 Å². The highest BCUT2D eigenvalue weighted by molar-refractivity contribution is 7.99. The monoisotopic (exact) mass is 357 g/mol. The molecule has 0 aromatic heterocycles. The SMILES string of the molecule is COc1ccc([C@H](CC(C)C)NC(=O)CCSc2ccccc2)cc1. The molecule has 3 nitrogen and oxygen atoms in total. The first-order valence-corrected chi connectivity index (χ1v) is 9.68. The van der Waals surface area contributed by atoms with Crippen molar-refractivity contribution in [3.63, 3.8) is 0 Å². The van der Waals surface area contributed by atoms with E-state index in [9.17, 15) is 4.79 Å². The number of thioether (sulfide) groups is 1. The highest BCUT2D eigenvalue weighted by atomic mass is 32.2. The summed E-state index contributed by atoms with van der Waals surface area (Å²) in [7, 11) is 1.66. The molecule has 25 heavy (non-hydrogen) atoms. The fraction of sp³-hybridized carbons (Fsp3) is 0.381. The molecule has 0 spiro atoms. The fourth-order valence-corrected chi connectivity index (χ4v) is 3.50. The van der Waals surface area contributed by atoms with Crippen LogP contribution in [0.1, 0.15) is 38.3 Å². The maximum absolute atomic E-state index is 12.4. The van der Waals surface area contributed by atoms with Crippen LogP contribution < -0.4 is 10.1 Å². The number of methoxy groups -OCH3 is 1. The summed E-state index contributed by atoms with van der Waals surface area (Å²) in [5.74, 6) is 2.22. The van der Waals surface area contributed by atoms with Crippen LogP contribution in [0.25, 0.3) is 0 Å². The Kier molecular flexibility index (Phi) is 7.86. The van der Waals surface area contributed by atoms with E-state index < -0.39 is 0 Å². The van der Waals surface area contributed by atoms with Crippen molar-refractivity contribution in [2.24, 2.45) is 5.92 Å². The second-order valence-electron chi connectivity index (χ2n) is 6.43. The van der Waals surface area contributed by atoms with Crippen LogP contribution in [-0.4, -0.2) is 18.8 Å². The van der Waals surface area contributed by atoms with Gasteiger partial charge in [0.15, 0.2) is 0 Å². The van der Waals surface area contributed by atoms with Crippen LogP contribution in [0.3, 0.4) is 0 Å². The molecular formula is C21H27NO2S. The summed E-state index contributed by atoms with van der Waals surface area (Å²) < 4.78 is 5.22. The number of carbonyl (C=O) groups is 1. The van der Waals surface area contributed by atoms with E-state index in [4.69, 9.17) is 4.74 Å². The van der Waals surface area contributed by atoms with Gasteiger partial charge < -0.3 is 10.1 Å². The third-order valence-electron chi connectivity index (χ3n) is 3.90. The fourth-order valence-electron chi connectivity index (χ4n) is 2.63. The lowest BCUT2D eigenvalue weighted by molar-refractivity contribution is -0.121. The lowest BCUT2D eigenvalue weighted by Crippen LogP contribution is -2.29. The molecule has 2 aromatic carbocycles. The van der Waals surface area contributed by atoms with Crippen LogP contribution in [-0.2, 0) is 4.79 Å². The van der Waals surface area contributed by atoms with E-state index in [2.05, 4.69) is 31.3 Å². The highest BCUT2D eigenvalue weighted by Gasteiger charge is 2.16. The van der Waals surface area contributed by atoms with Crippen molar-refractivity contribution in [2.75, 3.05) is 12.9 Å². The summed E-state index contributed by atoms with van der Waals surface area (Å²) in [6.45, 7) is 4.35. The van der Waals surface area contributed by atoms with Gasteiger partial charge >= 0.3 is 0 Å². The van der Waals surface area contributed by atoms with Crippen molar-refractivity contribution in [1.82, 2.24) is 5.32 Å². The van der Waals surface area contributed by atoms with Crippen molar-refractivity contribution in [2.45, 2.75) is 37.6 Å². The Morgan fingerprint density at radius 3 is 2.36 bits per heavy atom. The molecule has 0 unspecified atom stereocenters. The molecule has 0 saturated carbocycles. The molecule has 0 bridgehead atoms. The average molecular weight is 358 g/mol. The van der Waals surface area contributed by atoms with E-state index in [-0.39, 0.29) is 11.9 Å². The van der Waals surface area contributed by atoms with E-state index >= 15 is 0 Å². The van der Waals surface area contributed by atoms with Crippen LogP contribution in [0.5, 0.6) is 5.75 Å². The molecule has 4 heteroatoms. The summed E-state index contributed by atoms with van der Waals surface area (Å²) in [5, 5.41) is 3.20. The van der Waals surface area contributed by atoms with Gasteiger partial charge in [0, 0.05) is 17.1 Å². The molecule has 2 rings (SSSR count). The van der Waals surface area contributed by atoms with Gasteiger partial charge in [-0.15, -0.1) is 11.8 Å². The molecule has 0 radical (unpaired) electrons. The first kappa shape index (κ1) is 19.4. The smallest absolute Gasteiger partial charge is 0.221 e. The molecule has 0 aliphatic heterocycles.